The summed E-state index contributed by atoms with van der Waals surface area (Å²) in [5.74, 6) is 0.477. The highest BCUT2D eigenvalue weighted by Crippen LogP contribution is 2.47. The van der Waals surface area contributed by atoms with Crippen LogP contribution >= 0.6 is 0 Å². The zero-order valence-corrected chi connectivity index (χ0v) is 10.2. The average molecular weight is 227 g/mol. The Balaban J connectivity index is 2.76. The van der Waals surface area contributed by atoms with E-state index in [1.165, 1.54) is 0 Å². The van der Waals surface area contributed by atoms with Crippen molar-refractivity contribution in [3.05, 3.63) is 0 Å². The first-order chi connectivity index (χ1) is 7.47. The van der Waals surface area contributed by atoms with Gasteiger partial charge in [0.05, 0.1) is 0 Å². The molecular weight excluding hydrogens is 206 g/mol. The summed E-state index contributed by atoms with van der Waals surface area (Å²) in [7, 11) is 0. The smallest absolute Gasteiger partial charge is 0.236 e. The van der Waals surface area contributed by atoms with Crippen LogP contribution < -0.4 is 5.73 Å². The number of hydrogen-bond donors (Lipinski definition) is 2. The number of rotatable bonds is 5. The van der Waals surface area contributed by atoms with Crippen molar-refractivity contribution in [3.63, 3.8) is 0 Å². The second kappa shape index (κ2) is 4.72. The molecular formula is C11H21N3O2. The Labute approximate surface area is 96.3 Å². The van der Waals surface area contributed by atoms with Crippen molar-refractivity contribution in [2.75, 3.05) is 13.1 Å². The standard InChI is InChI=1S/C11H21N3O2/c1-4-14(7-8(2)3)10(15)11(5-6-11)9(12)13-16/h8,16H,4-7H2,1-3H3,(H2,12,13). The normalized spacial score (nSPS) is 18.6. The predicted octanol–water partition coefficient (Wildman–Crippen LogP) is 1.02. The number of nitrogens with two attached hydrogens (primary N) is 1. The maximum absolute atomic E-state index is 12.2. The summed E-state index contributed by atoms with van der Waals surface area (Å²) in [4.78, 5) is 14.0. The van der Waals surface area contributed by atoms with Gasteiger partial charge in [0.1, 0.15) is 5.41 Å². The van der Waals surface area contributed by atoms with E-state index in [0.717, 1.165) is 6.54 Å². The van der Waals surface area contributed by atoms with Gasteiger partial charge in [0, 0.05) is 13.1 Å². The van der Waals surface area contributed by atoms with Gasteiger partial charge in [0.25, 0.3) is 0 Å². The highest BCUT2D eigenvalue weighted by molar-refractivity contribution is 6.09. The summed E-state index contributed by atoms with van der Waals surface area (Å²) >= 11 is 0. The number of amidine groups is 1. The minimum atomic E-state index is -0.709. The van der Waals surface area contributed by atoms with Crippen molar-refractivity contribution < 1.29 is 10.0 Å². The van der Waals surface area contributed by atoms with Crippen molar-refractivity contribution in [1.29, 1.82) is 0 Å². The first-order valence-electron chi connectivity index (χ1n) is 5.75. The summed E-state index contributed by atoms with van der Waals surface area (Å²) < 4.78 is 0. The minimum Gasteiger partial charge on any atom is -0.409 e. The van der Waals surface area contributed by atoms with Crippen molar-refractivity contribution in [2.45, 2.75) is 33.6 Å². The first kappa shape index (κ1) is 12.8. The van der Waals surface area contributed by atoms with Crippen LogP contribution in [0.5, 0.6) is 0 Å². The molecule has 0 aliphatic heterocycles. The fourth-order valence-electron chi connectivity index (χ4n) is 1.90. The van der Waals surface area contributed by atoms with Crippen LogP contribution in [-0.4, -0.2) is 34.9 Å². The number of amides is 1. The molecule has 5 heteroatoms. The number of carbonyl (C=O) groups is 1. The van der Waals surface area contributed by atoms with Crippen LogP contribution in [-0.2, 0) is 4.79 Å². The van der Waals surface area contributed by atoms with E-state index in [2.05, 4.69) is 19.0 Å². The zero-order chi connectivity index (χ0) is 12.3. The molecule has 5 nitrogen and oxygen atoms in total. The van der Waals surface area contributed by atoms with E-state index in [1.54, 1.807) is 4.90 Å². The van der Waals surface area contributed by atoms with Crippen LogP contribution in [0.3, 0.4) is 0 Å². The molecule has 0 bridgehead atoms. The van der Waals surface area contributed by atoms with E-state index in [0.29, 0.717) is 25.3 Å². The summed E-state index contributed by atoms with van der Waals surface area (Å²) in [6.45, 7) is 7.47. The molecule has 1 fully saturated rings. The van der Waals surface area contributed by atoms with Gasteiger partial charge in [-0.15, -0.1) is 0 Å². The van der Waals surface area contributed by atoms with Crippen LogP contribution in [0.1, 0.15) is 33.6 Å². The Morgan fingerprint density at radius 1 is 1.56 bits per heavy atom. The second-order valence-corrected chi connectivity index (χ2v) is 4.80. The summed E-state index contributed by atoms with van der Waals surface area (Å²) in [6, 6.07) is 0. The van der Waals surface area contributed by atoms with Gasteiger partial charge in [-0.1, -0.05) is 19.0 Å². The van der Waals surface area contributed by atoms with Crippen LogP contribution in [0, 0.1) is 11.3 Å². The van der Waals surface area contributed by atoms with E-state index in [1.807, 2.05) is 6.92 Å². The molecule has 1 aliphatic carbocycles. The molecule has 1 amide bonds. The Bertz CT molecular complexity index is 296. The Morgan fingerprint density at radius 2 is 2.12 bits per heavy atom. The van der Waals surface area contributed by atoms with Crippen molar-refractivity contribution in [1.82, 2.24) is 4.90 Å². The molecule has 0 aromatic rings. The fourth-order valence-corrected chi connectivity index (χ4v) is 1.90. The van der Waals surface area contributed by atoms with Crippen LogP contribution in [0.25, 0.3) is 0 Å². The lowest BCUT2D eigenvalue weighted by Crippen LogP contribution is -2.44. The molecule has 0 spiro atoms. The molecule has 1 rings (SSSR count). The molecule has 0 heterocycles. The lowest BCUT2D eigenvalue weighted by atomic mass is 10.0. The van der Waals surface area contributed by atoms with Gasteiger partial charge in [-0.3, -0.25) is 4.79 Å². The van der Waals surface area contributed by atoms with Gasteiger partial charge < -0.3 is 15.8 Å². The highest BCUT2D eigenvalue weighted by atomic mass is 16.4. The van der Waals surface area contributed by atoms with Crippen LogP contribution in [0.2, 0.25) is 0 Å². The predicted molar refractivity (Wildman–Crippen MR) is 62.2 cm³/mol. The molecule has 0 saturated heterocycles. The first-order valence-corrected chi connectivity index (χ1v) is 5.75. The lowest BCUT2D eigenvalue weighted by molar-refractivity contribution is -0.134. The molecule has 0 aromatic heterocycles. The van der Waals surface area contributed by atoms with Crippen LogP contribution in [0.4, 0.5) is 0 Å². The second-order valence-electron chi connectivity index (χ2n) is 4.80. The molecule has 1 saturated carbocycles. The van der Waals surface area contributed by atoms with E-state index in [9.17, 15) is 4.79 Å². The van der Waals surface area contributed by atoms with E-state index < -0.39 is 5.41 Å². The summed E-state index contributed by atoms with van der Waals surface area (Å²) in [5.41, 5.74) is 4.88. The Morgan fingerprint density at radius 3 is 2.44 bits per heavy atom. The fraction of sp³-hybridized carbons (Fsp3) is 0.818. The number of hydrogen-bond acceptors (Lipinski definition) is 3. The van der Waals surface area contributed by atoms with Gasteiger partial charge in [-0.05, 0) is 25.7 Å². The topological polar surface area (TPSA) is 78.9 Å². The molecule has 0 atom stereocenters. The summed E-state index contributed by atoms with van der Waals surface area (Å²) in [5, 5.41) is 11.7. The van der Waals surface area contributed by atoms with Gasteiger partial charge in [0.2, 0.25) is 5.91 Å². The van der Waals surface area contributed by atoms with E-state index >= 15 is 0 Å². The largest absolute Gasteiger partial charge is 0.409 e. The third kappa shape index (κ3) is 2.28. The Hall–Kier alpha value is -1.26. The molecule has 1 aliphatic rings. The number of carbonyl (C=O) groups excluding carboxylic acids is 1. The quantitative estimate of drug-likeness (QED) is 0.318. The van der Waals surface area contributed by atoms with Crippen molar-refractivity contribution in [2.24, 2.45) is 22.2 Å². The third-order valence-electron chi connectivity index (χ3n) is 3.01. The Kier molecular flexibility index (Phi) is 3.78. The SMILES string of the molecule is CCN(CC(C)C)C(=O)C1(C(N)=NO)CC1. The molecule has 92 valence electrons. The molecule has 16 heavy (non-hydrogen) atoms. The maximum Gasteiger partial charge on any atom is 0.236 e. The monoisotopic (exact) mass is 227 g/mol. The molecule has 0 unspecified atom stereocenters. The summed E-state index contributed by atoms with van der Waals surface area (Å²) in [6.07, 6.45) is 1.38. The minimum absolute atomic E-state index is 0.000926. The van der Waals surface area contributed by atoms with Crippen molar-refractivity contribution >= 4 is 11.7 Å². The highest BCUT2D eigenvalue weighted by Gasteiger charge is 2.55. The average Bonchev–Trinajstić information content (AvgIpc) is 3.04. The van der Waals surface area contributed by atoms with Gasteiger partial charge in [-0.2, -0.15) is 0 Å². The third-order valence-corrected chi connectivity index (χ3v) is 3.01. The number of oxime groups is 1. The molecule has 0 radical (unpaired) electrons. The molecule has 3 N–H and O–H groups in total. The zero-order valence-electron chi connectivity index (χ0n) is 10.2. The van der Waals surface area contributed by atoms with Crippen molar-refractivity contribution in [3.8, 4) is 0 Å². The maximum atomic E-state index is 12.2. The van der Waals surface area contributed by atoms with Crippen LogP contribution in [0.15, 0.2) is 5.16 Å². The molecule has 0 aromatic carbocycles. The number of nitrogens with zero attached hydrogens (tertiary/aromatic N) is 2. The van der Waals surface area contributed by atoms with Gasteiger partial charge in [0.15, 0.2) is 5.84 Å². The van der Waals surface area contributed by atoms with Gasteiger partial charge in [-0.25, -0.2) is 0 Å². The lowest BCUT2D eigenvalue weighted by Gasteiger charge is -2.27. The van der Waals surface area contributed by atoms with Gasteiger partial charge >= 0.3 is 0 Å². The van der Waals surface area contributed by atoms with E-state index in [4.69, 9.17) is 10.9 Å². The van der Waals surface area contributed by atoms with E-state index in [-0.39, 0.29) is 11.7 Å².